The van der Waals surface area contributed by atoms with E-state index in [-0.39, 0.29) is 0 Å². The Kier molecular flexibility index (Phi) is 5.14. The molecule has 0 saturated heterocycles. The topological polar surface area (TPSA) is 0 Å². The van der Waals surface area contributed by atoms with Gasteiger partial charge < -0.3 is 0 Å². The Morgan fingerprint density at radius 3 is 1.20 bits per heavy atom. The van der Waals surface area contributed by atoms with Crippen molar-refractivity contribution in [3.63, 3.8) is 0 Å². The predicted molar refractivity (Wildman–Crippen MR) is 89.6 cm³/mol. The Hall–Kier alpha value is -2.34. The Balaban J connectivity index is 1.87. The highest BCUT2D eigenvalue weighted by Crippen LogP contribution is 2.06. The summed E-state index contributed by atoms with van der Waals surface area (Å²) < 4.78 is 0. The minimum Gasteiger partial charge on any atom is -0.0622 e. The molecule has 2 aromatic rings. The Morgan fingerprint density at radius 2 is 0.850 bits per heavy atom. The zero-order chi connectivity index (χ0) is 14.2. The van der Waals surface area contributed by atoms with E-state index in [4.69, 9.17) is 0 Å². The van der Waals surface area contributed by atoms with Crippen molar-refractivity contribution in [2.45, 2.75) is 13.8 Å². The summed E-state index contributed by atoms with van der Waals surface area (Å²) in [5.74, 6) is 0. The molecule has 0 spiro atoms. The maximum absolute atomic E-state index is 2.13. The van der Waals surface area contributed by atoms with E-state index in [0.29, 0.717) is 0 Å². The summed E-state index contributed by atoms with van der Waals surface area (Å²) in [6.07, 6.45) is 12.4. The third-order valence-corrected chi connectivity index (χ3v) is 3.07. The zero-order valence-corrected chi connectivity index (χ0v) is 12.1. The molecule has 0 amide bonds. The molecule has 0 radical (unpaired) electrons. The van der Waals surface area contributed by atoms with Crippen LogP contribution in [0.5, 0.6) is 0 Å². The molecule has 0 unspecified atom stereocenters. The van der Waals surface area contributed by atoms with Gasteiger partial charge in [0.2, 0.25) is 0 Å². The second-order valence-electron chi connectivity index (χ2n) is 4.92. The molecule has 0 heteroatoms. The second kappa shape index (κ2) is 7.30. The third kappa shape index (κ3) is 4.74. The largest absolute Gasteiger partial charge is 0.0622 e. The van der Waals surface area contributed by atoms with Crippen molar-refractivity contribution in [2.24, 2.45) is 0 Å². The summed E-state index contributed by atoms with van der Waals surface area (Å²) in [6.45, 7) is 4.20. The number of allylic oxidation sites excluding steroid dienone is 4. The average Bonchev–Trinajstić information content (AvgIpc) is 2.46. The lowest BCUT2D eigenvalue weighted by Gasteiger charge is -1.93. The highest BCUT2D eigenvalue weighted by Gasteiger charge is 1.85. The first kappa shape index (κ1) is 14.1. The average molecular weight is 260 g/mol. The number of rotatable bonds is 4. The Labute approximate surface area is 121 Å². The molecule has 0 N–H and O–H groups in total. The van der Waals surface area contributed by atoms with Crippen LogP contribution in [0, 0.1) is 13.8 Å². The number of hydrogen-bond acceptors (Lipinski definition) is 0. The van der Waals surface area contributed by atoms with Gasteiger partial charge in [0.05, 0.1) is 0 Å². The summed E-state index contributed by atoms with van der Waals surface area (Å²) in [5.41, 5.74) is 5.03. The van der Waals surface area contributed by atoms with Gasteiger partial charge in [0.25, 0.3) is 0 Å². The van der Waals surface area contributed by atoms with E-state index in [1.54, 1.807) is 0 Å². The normalized spacial score (nSPS) is 11.9. The monoisotopic (exact) mass is 260 g/mol. The van der Waals surface area contributed by atoms with Gasteiger partial charge in [-0.25, -0.2) is 0 Å². The van der Waals surface area contributed by atoms with Crippen LogP contribution < -0.4 is 0 Å². The van der Waals surface area contributed by atoms with Crippen molar-refractivity contribution in [2.75, 3.05) is 0 Å². The summed E-state index contributed by atoms with van der Waals surface area (Å²) in [4.78, 5) is 0. The maximum Gasteiger partial charge on any atom is -0.0256 e. The Morgan fingerprint density at radius 1 is 0.500 bits per heavy atom. The van der Waals surface area contributed by atoms with Gasteiger partial charge >= 0.3 is 0 Å². The van der Waals surface area contributed by atoms with Gasteiger partial charge in [-0.3, -0.25) is 0 Å². The van der Waals surface area contributed by atoms with Crippen molar-refractivity contribution in [3.05, 3.63) is 95.1 Å². The quantitative estimate of drug-likeness (QED) is 0.629. The molecule has 20 heavy (non-hydrogen) atoms. The molecule has 100 valence electrons. The number of aryl methyl sites for hydroxylation is 2. The molecule has 2 aromatic carbocycles. The molecule has 0 aliphatic rings. The lowest BCUT2D eigenvalue weighted by atomic mass is 10.1. The van der Waals surface area contributed by atoms with Crippen molar-refractivity contribution in [3.8, 4) is 0 Å². The molecular weight excluding hydrogens is 240 g/mol. The van der Waals surface area contributed by atoms with E-state index in [1.165, 1.54) is 22.3 Å². The van der Waals surface area contributed by atoms with Crippen LogP contribution in [0.3, 0.4) is 0 Å². The standard InChI is InChI=1S/C20H20/c1-17-9-13-19(14-10-17)7-5-3-4-6-8-20-15-11-18(2)12-16-20/h3-16H,1-2H3/b4-3+,7-5-,8-6+. The van der Waals surface area contributed by atoms with Gasteiger partial charge in [-0.2, -0.15) is 0 Å². The van der Waals surface area contributed by atoms with E-state index in [1.807, 2.05) is 12.2 Å². The van der Waals surface area contributed by atoms with Crippen molar-refractivity contribution < 1.29 is 0 Å². The molecule has 0 aliphatic heterocycles. The van der Waals surface area contributed by atoms with E-state index >= 15 is 0 Å². The van der Waals surface area contributed by atoms with Crippen LogP contribution in [-0.2, 0) is 0 Å². The summed E-state index contributed by atoms with van der Waals surface area (Å²) in [5, 5.41) is 0. The Bertz CT molecular complexity index is 551. The fourth-order valence-electron chi connectivity index (χ4n) is 1.82. The molecule has 0 aromatic heterocycles. The van der Waals surface area contributed by atoms with Crippen LogP contribution >= 0.6 is 0 Å². The predicted octanol–water partition coefficient (Wildman–Crippen LogP) is 5.59. The van der Waals surface area contributed by atoms with E-state index in [0.717, 1.165) is 0 Å². The number of hydrogen-bond donors (Lipinski definition) is 0. The molecule has 0 saturated carbocycles. The van der Waals surface area contributed by atoms with Gasteiger partial charge in [-0.1, -0.05) is 96.1 Å². The molecule has 0 aliphatic carbocycles. The van der Waals surface area contributed by atoms with E-state index < -0.39 is 0 Å². The van der Waals surface area contributed by atoms with Gasteiger partial charge in [-0.15, -0.1) is 0 Å². The van der Waals surface area contributed by atoms with Crippen LogP contribution in [0.25, 0.3) is 12.2 Å². The molecule has 2 rings (SSSR count). The molecule has 0 heterocycles. The number of benzene rings is 2. The molecule has 0 bridgehead atoms. The molecule has 0 nitrogen and oxygen atoms in total. The third-order valence-electron chi connectivity index (χ3n) is 3.07. The SMILES string of the molecule is Cc1ccc(\C=C/C=C/C=C/c2ccc(C)cc2)cc1. The van der Waals surface area contributed by atoms with Crippen molar-refractivity contribution >= 4 is 12.2 Å². The first-order valence-electron chi connectivity index (χ1n) is 6.89. The van der Waals surface area contributed by atoms with Gasteiger partial charge in [0.15, 0.2) is 0 Å². The molecule has 0 atom stereocenters. The van der Waals surface area contributed by atoms with Gasteiger partial charge in [0.1, 0.15) is 0 Å². The van der Waals surface area contributed by atoms with Gasteiger partial charge in [0, 0.05) is 0 Å². The minimum absolute atomic E-state index is 1.22. The lowest BCUT2D eigenvalue weighted by Crippen LogP contribution is -1.72. The molecule has 0 fully saturated rings. The van der Waals surface area contributed by atoms with E-state index in [2.05, 4.69) is 86.7 Å². The van der Waals surface area contributed by atoms with Gasteiger partial charge in [-0.05, 0) is 25.0 Å². The van der Waals surface area contributed by atoms with Crippen LogP contribution in [0.4, 0.5) is 0 Å². The maximum atomic E-state index is 2.13. The smallest absolute Gasteiger partial charge is 0.0256 e. The second-order valence-corrected chi connectivity index (χ2v) is 4.92. The zero-order valence-electron chi connectivity index (χ0n) is 12.1. The first-order chi connectivity index (χ1) is 9.74. The lowest BCUT2D eigenvalue weighted by molar-refractivity contribution is 1.46. The first-order valence-corrected chi connectivity index (χ1v) is 6.89. The highest BCUT2D eigenvalue weighted by atomic mass is 13.9. The minimum atomic E-state index is 1.22. The summed E-state index contributed by atoms with van der Waals surface area (Å²) in [6, 6.07) is 17.0. The highest BCUT2D eigenvalue weighted by molar-refractivity contribution is 5.53. The van der Waals surface area contributed by atoms with E-state index in [9.17, 15) is 0 Å². The van der Waals surface area contributed by atoms with Crippen LogP contribution in [0.2, 0.25) is 0 Å². The fraction of sp³-hybridized carbons (Fsp3) is 0.100. The fourth-order valence-corrected chi connectivity index (χ4v) is 1.82. The summed E-state index contributed by atoms with van der Waals surface area (Å²) in [7, 11) is 0. The van der Waals surface area contributed by atoms with Crippen molar-refractivity contribution in [1.29, 1.82) is 0 Å². The summed E-state index contributed by atoms with van der Waals surface area (Å²) >= 11 is 0. The van der Waals surface area contributed by atoms with Crippen LogP contribution in [0.15, 0.2) is 72.8 Å². The van der Waals surface area contributed by atoms with Crippen LogP contribution in [-0.4, -0.2) is 0 Å². The molecular formula is C20H20. The van der Waals surface area contributed by atoms with Crippen LogP contribution in [0.1, 0.15) is 22.3 Å². The van der Waals surface area contributed by atoms with Crippen molar-refractivity contribution in [1.82, 2.24) is 0 Å².